The molecule has 0 spiro atoms. The highest BCUT2D eigenvalue weighted by atomic mass is 32.1. The summed E-state index contributed by atoms with van der Waals surface area (Å²) in [7, 11) is 0. The van der Waals surface area contributed by atoms with Crippen molar-refractivity contribution in [1.82, 2.24) is 0 Å². The minimum atomic E-state index is -4.47. The molecule has 0 saturated carbocycles. The predicted molar refractivity (Wildman–Crippen MR) is 87.5 cm³/mol. The molecule has 23 heavy (non-hydrogen) atoms. The van der Waals surface area contributed by atoms with Gasteiger partial charge in [-0.1, -0.05) is 30.4 Å². The van der Waals surface area contributed by atoms with Crippen molar-refractivity contribution in [2.75, 3.05) is 10.6 Å². The molecular weight excluding hydrogens is 325 g/mol. The second kappa shape index (κ2) is 6.78. The molecule has 0 aliphatic carbocycles. The fourth-order valence-corrected chi connectivity index (χ4v) is 2.04. The van der Waals surface area contributed by atoms with Crippen LogP contribution in [0.1, 0.15) is 11.1 Å². The smallest absolute Gasteiger partial charge is 0.342 e. The monoisotopic (exact) mass is 338 g/mol. The molecule has 2 N–H and O–H groups in total. The summed E-state index contributed by atoms with van der Waals surface area (Å²) in [6.45, 7) is 1.89. The van der Waals surface area contributed by atoms with Gasteiger partial charge < -0.3 is 10.6 Å². The van der Waals surface area contributed by atoms with E-state index < -0.39 is 17.6 Å². The molecule has 0 atom stereocenters. The summed E-state index contributed by atoms with van der Waals surface area (Å²) >= 11 is 4.96. The molecular formula is C16H13F3N2OS. The first-order valence-electron chi connectivity index (χ1n) is 6.62. The first-order valence-corrected chi connectivity index (χ1v) is 7.03. The van der Waals surface area contributed by atoms with E-state index in [9.17, 15) is 18.0 Å². The van der Waals surface area contributed by atoms with Crippen LogP contribution in [0.3, 0.4) is 0 Å². The number of anilines is 2. The molecule has 7 heteroatoms. The van der Waals surface area contributed by atoms with Crippen LogP contribution in [0.15, 0.2) is 48.5 Å². The van der Waals surface area contributed by atoms with E-state index in [0.29, 0.717) is 5.69 Å². The van der Waals surface area contributed by atoms with Gasteiger partial charge in [0.15, 0.2) is 4.99 Å². The van der Waals surface area contributed by atoms with Gasteiger partial charge in [0.25, 0.3) is 5.91 Å². The highest BCUT2D eigenvalue weighted by molar-refractivity contribution is 7.82. The lowest BCUT2D eigenvalue weighted by molar-refractivity contribution is -0.137. The third kappa shape index (κ3) is 4.79. The summed E-state index contributed by atoms with van der Waals surface area (Å²) in [5, 5.41) is 5.09. The Bertz CT molecular complexity index is 744. The highest BCUT2D eigenvalue weighted by Crippen LogP contribution is 2.30. The summed E-state index contributed by atoms with van der Waals surface area (Å²) in [4.78, 5) is 11.8. The first-order chi connectivity index (χ1) is 10.8. The minimum Gasteiger partial charge on any atom is -0.342 e. The Labute approximate surface area is 136 Å². The van der Waals surface area contributed by atoms with E-state index in [4.69, 9.17) is 12.2 Å². The van der Waals surface area contributed by atoms with Gasteiger partial charge in [0.05, 0.1) is 5.56 Å². The molecule has 120 valence electrons. The fourth-order valence-electron chi connectivity index (χ4n) is 1.87. The lowest BCUT2D eigenvalue weighted by Crippen LogP contribution is -2.27. The van der Waals surface area contributed by atoms with Gasteiger partial charge in [0.2, 0.25) is 0 Å². The number of aryl methyl sites for hydroxylation is 1. The average Bonchev–Trinajstić information content (AvgIpc) is 2.46. The van der Waals surface area contributed by atoms with Gasteiger partial charge in [-0.15, -0.1) is 0 Å². The van der Waals surface area contributed by atoms with Crippen LogP contribution in [0.4, 0.5) is 24.5 Å². The molecule has 0 unspecified atom stereocenters. The topological polar surface area (TPSA) is 41.1 Å². The predicted octanol–water partition coefficient (Wildman–Crippen LogP) is 4.39. The number of carbonyl (C=O) groups is 1. The number of carbonyl (C=O) groups excluding carboxylic acids is 1. The number of hydrogen-bond donors (Lipinski definition) is 2. The van der Waals surface area contributed by atoms with Crippen molar-refractivity contribution in [2.45, 2.75) is 13.1 Å². The number of alkyl halides is 3. The summed E-state index contributed by atoms with van der Waals surface area (Å²) in [6.07, 6.45) is -4.47. The van der Waals surface area contributed by atoms with Crippen LogP contribution in [0.25, 0.3) is 0 Å². The van der Waals surface area contributed by atoms with E-state index >= 15 is 0 Å². The van der Waals surface area contributed by atoms with Crippen molar-refractivity contribution < 1.29 is 18.0 Å². The zero-order valence-corrected chi connectivity index (χ0v) is 12.9. The minimum absolute atomic E-state index is 0.0261. The molecule has 2 aromatic rings. The Morgan fingerprint density at radius 2 is 1.61 bits per heavy atom. The van der Waals surface area contributed by atoms with Crippen molar-refractivity contribution in [3.8, 4) is 0 Å². The Kier molecular flexibility index (Phi) is 5.00. The Balaban J connectivity index is 2.05. The molecule has 0 radical (unpaired) electrons. The molecule has 0 aliphatic heterocycles. The SMILES string of the molecule is Cc1cccc(NC(=S)C(=O)Nc2cccc(C(F)(F)F)c2)c1. The third-order valence-electron chi connectivity index (χ3n) is 2.93. The maximum atomic E-state index is 12.6. The fraction of sp³-hybridized carbons (Fsp3) is 0.125. The quantitative estimate of drug-likeness (QED) is 0.798. The normalized spacial score (nSPS) is 11.0. The molecule has 0 saturated heterocycles. The molecule has 2 rings (SSSR count). The molecule has 0 heterocycles. The van der Waals surface area contributed by atoms with E-state index in [1.807, 2.05) is 13.0 Å². The van der Waals surface area contributed by atoms with Crippen LogP contribution < -0.4 is 10.6 Å². The third-order valence-corrected chi connectivity index (χ3v) is 3.22. The molecule has 1 amide bonds. The van der Waals surface area contributed by atoms with E-state index in [2.05, 4.69) is 10.6 Å². The molecule has 0 aromatic heterocycles. The van der Waals surface area contributed by atoms with Crippen molar-refractivity contribution in [3.05, 3.63) is 59.7 Å². The van der Waals surface area contributed by atoms with Gasteiger partial charge in [0, 0.05) is 11.4 Å². The molecule has 2 aromatic carbocycles. The molecule has 0 bridgehead atoms. The number of hydrogen-bond acceptors (Lipinski definition) is 2. The van der Waals surface area contributed by atoms with Gasteiger partial charge in [-0.2, -0.15) is 13.2 Å². The summed E-state index contributed by atoms with van der Waals surface area (Å²) in [5.74, 6) is -0.680. The maximum Gasteiger partial charge on any atom is 0.416 e. The lowest BCUT2D eigenvalue weighted by Gasteiger charge is -2.11. The van der Waals surface area contributed by atoms with Gasteiger partial charge in [-0.05, 0) is 42.8 Å². The van der Waals surface area contributed by atoms with E-state index in [1.54, 1.807) is 18.2 Å². The van der Waals surface area contributed by atoms with Crippen LogP contribution in [0, 0.1) is 6.92 Å². The lowest BCUT2D eigenvalue weighted by atomic mass is 10.2. The van der Waals surface area contributed by atoms with Crippen molar-refractivity contribution >= 4 is 34.5 Å². The van der Waals surface area contributed by atoms with E-state index in [-0.39, 0.29) is 10.7 Å². The molecule has 3 nitrogen and oxygen atoms in total. The second-order valence-corrected chi connectivity index (χ2v) is 5.26. The number of benzene rings is 2. The van der Waals surface area contributed by atoms with Crippen LogP contribution >= 0.6 is 12.2 Å². The van der Waals surface area contributed by atoms with Crippen LogP contribution in [-0.2, 0) is 11.0 Å². The zero-order chi connectivity index (χ0) is 17.0. The number of rotatable bonds is 2. The largest absolute Gasteiger partial charge is 0.416 e. The van der Waals surface area contributed by atoms with Crippen LogP contribution in [0.2, 0.25) is 0 Å². The first kappa shape index (κ1) is 17.0. The standard InChI is InChI=1S/C16H13F3N2OS/c1-10-4-2-6-12(8-10)21-15(23)14(22)20-13-7-3-5-11(9-13)16(17,18)19/h2-9H,1H3,(H,20,22)(H,21,23). The average molecular weight is 338 g/mol. The van der Waals surface area contributed by atoms with Gasteiger partial charge >= 0.3 is 6.18 Å². The number of halogens is 3. The van der Waals surface area contributed by atoms with Gasteiger partial charge in [-0.25, -0.2) is 0 Å². The zero-order valence-electron chi connectivity index (χ0n) is 12.1. The number of amides is 1. The Morgan fingerprint density at radius 3 is 2.22 bits per heavy atom. The number of thiocarbonyl (C=S) groups is 1. The summed E-state index contributed by atoms with van der Waals surface area (Å²) in [5.41, 5.74) is 0.802. The van der Waals surface area contributed by atoms with Crippen LogP contribution in [-0.4, -0.2) is 10.9 Å². The number of nitrogens with one attached hydrogen (secondary N) is 2. The van der Waals surface area contributed by atoms with Crippen molar-refractivity contribution in [1.29, 1.82) is 0 Å². The Hall–Kier alpha value is -2.41. The molecule has 0 fully saturated rings. The van der Waals surface area contributed by atoms with Gasteiger partial charge in [-0.3, -0.25) is 4.79 Å². The molecule has 0 aliphatic rings. The van der Waals surface area contributed by atoms with Gasteiger partial charge in [0.1, 0.15) is 0 Å². The maximum absolute atomic E-state index is 12.6. The van der Waals surface area contributed by atoms with Crippen LogP contribution in [0.5, 0.6) is 0 Å². The van der Waals surface area contributed by atoms with E-state index in [0.717, 1.165) is 17.7 Å². The Morgan fingerprint density at radius 1 is 1.00 bits per heavy atom. The van der Waals surface area contributed by atoms with E-state index in [1.165, 1.54) is 12.1 Å². The van der Waals surface area contributed by atoms with Crippen molar-refractivity contribution in [2.24, 2.45) is 0 Å². The van der Waals surface area contributed by atoms with Crippen molar-refractivity contribution in [3.63, 3.8) is 0 Å². The summed E-state index contributed by atoms with van der Waals surface area (Å²) in [6, 6.07) is 11.6. The highest BCUT2D eigenvalue weighted by Gasteiger charge is 2.30. The summed E-state index contributed by atoms with van der Waals surface area (Å²) < 4.78 is 37.9. The second-order valence-electron chi connectivity index (χ2n) is 4.86.